The van der Waals surface area contributed by atoms with Crippen LogP contribution >= 0.6 is 0 Å². The number of hydrogen-bond acceptors (Lipinski definition) is 4. The molecule has 0 aromatic carbocycles. The Morgan fingerprint density at radius 2 is 2.21 bits per heavy atom. The van der Waals surface area contributed by atoms with Crippen molar-refractivity contribution in [1.82, 2.24) is 14.5 Å². The minimum absolute atomic E-state index is 0.314. The van der Waals surface area contributed by atoms with Gasteiger partial charge in [0.1, 0.15) is 0 Å². The number of anilines is 1. The van der Waals surface area contributed by atoms with Gasteiger partial charge in [0, 0.05) is 26.0 Å². The van der Waals surface area contributed by atoms with Crippen molar-refractivity contribution < 1.29 is 4.74 Å². The fraction of sp³-hybridized carbons (Fsp3) is 0.786. The molecule has 1 saturated heterocycles. The highest BCUT2D eigenvalue weighted by Gasteiger charge is 2.11. The molecule has 2 rings (SSSR count). The molecule has 19 heavy (non-hydrogen) atoms. The van der Waals surface area contributed by atoms with Crippen molar-refractivity contribution in [1.29, 1.82) is 0 Å². The third-order valence-corrected chi connectivity index (χ3v) is 3.68. The maximum Gasteiger partial charge on any atom is 0.203 e. The molecule has 5 nitrogen and oxygen atoms in total. The highest BCUT2D eigenvalue weighted by atomic mass is 16.5. The molecule has 5 heteroatoms. The highest BCUT2D eigenvalue weighted by molar-refractivity contribution is 5.26. The van der Waals surface area contributed by atoms with Gasteiger partial charge in [-0.25, -0.2) is 4.98 Å². The summed E-state index contributed by atoms with van der Waals surface area (Å²) in [5.41, 5.74) is 0. The van der Waals surface area contributed by atoms with E-state index in [0.717, 1.165) is 12.5 Å². The van der Waals surface area contributed by atoms with Crippen molar-refractivity contribution in [3.8, 4) is 0 Å². The van der Waals surface area contributed by atoms with Crippen LogP contribution in [0.4, 0.5) is 5.95 Å². The number of nitrogens with zero attached hydrogens (tertiary/aromatic N) is 3. The third-order valence-electron chi connectivity index (χ3n) is 3.68. The highest BCUT2D eigenvalue weighted by Crippen LogP contribution is 2.13. The van der Waals surface area contributed by atoms with E-state index in [2.05, 4.69) is 26.7 Å². The van der Waals surface area contributed by atoms with Gasteiger partial charge in [0.2, 0.25) is 5.95 Å². The molecule has 1 N–H and O–H groups in total. The molecule has 1 aromatic rings. The Morgan fingerprint density at radius 3 is 2.95 bits per heavy atom. The predicted octanol–water partition coefficient (Wildman–Crippen LogP) is 1.99. The second-order valence-electron chi connectivity index (χ2n) is 5.29. The zero-order valence-corrected chi connectivity index (χ0v) is 12.1. The van der Waals surface area contributed by atoms with E-state index in [-0.39, 0.29) is 0 Å². The Labute approximate surface area is 116 Å². The van der Waals surface area contributed by atoms with Crippen LogP contribution in [0.1, 0.15) is 32.2 Å². The lowest BCUT2D eigenvalue weighted by atomic mass is 10.3. The number of ether oxygens (including phenoxy) is 1. The molecule has 0 amide bonds. The monoisotopic (exact) mass is 266 g/mol. The molecule has 1 fully saturated rings. The van der Waals surface area contributed by atoms with Gasteiger partial charge in [0.25, 0.3) is 0 Å². The van der Waals surface area contributed by atoms with Crippen LogP contribution in [0.25, 0.3) is 0 Å². The standard InChI is InChI=1S/C14H26N4O/c1-13(12-19-2)18-11-7-16-14(18)15-6-5-10-17-8-3-4-9-17/h7,11,13H,3-6,8-10,12H2,1-2H3,(H,15,16). The number of rotatable bonds is 8. The van der Waals surface area contributed by atoms with Gasteiger partial charge < -0.3 is 19.5 Å². The fourth-order valence-electron chi connectivity index (χ4n) is 2.64. The quantitative estimate of drug-likeness (QED) is 0.731. The lowest BCUT2D eigenvalue weighted by Gasteiger charge is -2.17. The first-order valence-corrected chi connectivity index (χ1v) is 7.29. The summed E-state index contributed by atoms with van der Waals surface area (Å²) in [5.74, 6) is 0.950. The topological polar surface area (TPSA) is 42.3 Å². The molecule has 1 aromatic heterocycles. The Hall–Kier alpha value is -1.07. The van der Waals surface area contributed by atoms with Crippen LogP contribution in [0, 0.1) is 0 Å². The smallest absolute Gasteiger partial charge is 0.203 e. The van der Waals surface area contributed by atoms with Crippen LogP contribution in [0.3, 0.4) is 0 Å². The van der Waals surface area contributed by atoms with Crippen molar-refractivity contribution in [2.75, 3.05) is 45.2 Å². The van der Waals surface area contributed by atoms with Gasteiger partial charge in [-0.05, 0) is 45.8 Å². The molecular formula is C14H26N4O. The maximum atomic E-state index is 5.19. The summed E-state index contributed by atoms with van der Waals surface area (Å²) < 4.78 is 7.33. The van der Waals surface area contributed by atoms with E-state index < -0.39 is 0 Å². The summed E-state index contributed by atoms with van der Waals surface area (Å²) in [7, 11) is 1.73. The van der Waals surface area contributed by atoms with Gasteiger partial charge in [0.05, 0.1) is 12.6 Å². The first-order chi connectivity index (χ1) is 9.31. The summed E-state index contributed by atoms with van der Waals surface area (Å²) in [5, 5.41) is 3.43. The first-order valence-electron chi connectivity index (χ1n) is 7.29. The summed E-state index contributed by atoms with van der Waals surface area (Å²) in [4.78, 5) is 6.91. The van der Waals surface area contributed by atoms with Crippen molar-refractivity contribution in [2.45, 2.75) is 32.2 Å². The van der Waals surface area contributed by atoms with E-state index in [0.29, 0.717) is 12.6 Å². The second-order valence-corrected chi connectivity index (χ2v) is 5.29. The molecule has 1 aliphatic rings. The fourth-order valence-corrected chi connectivity index (χ4v) is 2.64. The number of hydrogen-bond donors (Lipinski definition) is 1. The van der Waals surface area contributed by atoms with Gasteiger partial charge in [-0.15, -0.1) is 0 Å². The van der Waals surface area contributed by atoms with E-state index in [1.807, 2.05) is 12.4 Å². The molecule has 0 aliphatic carbocycles. The number of methoxy groups -OCH3 is 1. The normalized spacial score (nSPS) is 17.8. The predicted molar refractivity (Wildman–Crippen MR) is 77.6 cm³/mol. The van der Waals surface area contributed by atoms with Crippen LogP contribution in [0.15, 0.2) is 12.4 Å². The molecule has 1 unspecified atom stereocenters. The van der Waals surface area contributed by atoms with Crippen LogP contribution in [0.5, 0.6) is 0 Å². The number of likely N-dealkylation sites (tertiary alicyclic amines) is 1. The van der Waals surface area contributed by atoms with E-state index in [1.165, 1.54) is 38.9 Å². The second kappa shape index (κ2) is 7.50. The SMILES string of the molecule is COCC(C)n1ccnc1NCCCN1CCCC1. The maximum absolute atomic E-state index is 5.19. The van der Waals surface area contributed by atoms with Gasteiger partial charge in [-0.2, -0.15) is 0 Å². The third kappa shape index (κ3) is 4.21. The Balaban J connectivity index is 1.71. The average Bonchev–Trinajstić information content (AvgIpc) is 3.06. The van der Waals surface area contributed by atoms with E-state index in [1.54, 1.807) is 7.11 Å². The van der Waals surface area contributed by atoms with Gasteiger partial charge in [0.15, 0.2) is 0 Å². The molecule has 2 heterocycles. The molecule has 0 spiro atoms. The van der Waals surface area contributed by atoms with Crippen LogP contribution in [0.2, 0.25) is 0 Å². The lowest BCUT2D eigenvalue weighted by Crippen LogP contribution is -2.23. The molecule has 108 valence electrons. The molecule has 0 saturated carbocycles. The van der Waals surface area contributed by atoms with Crippen LogP contribution in [-0.2, 0) is 4.74 Å². The summed E-state index contributed by atoms with van der Waals surface area (Å²) in [6.07, 6.45) is 7.76. The van der Waals surface area contributed by atoms with E-state index in [9.17, 15) is 0 Å². The minimum atomic E-state index is 0.314. The Morgan fingerprint density at radius 1 is 1.42 bits per heavy atom. The average molecular weight is 266 g/mol. The van der Waals surface area contributed by atoms with Crippen molar-refractivity contribution >= 4 is 5.95 Å². The molecular weight excluding hydrogens is 240 g/mol. The lowest BCUT2D eigenvalue weighted by molar-refractivity contribution is 0.163. The first kappa shape index (κ1) is 14.3. The molecule has 0 radical (unpaired) electrons. The minimum Gasteiger partial charge on any atom is -0.383 e. The molecule has 0 bridgehead atoms. The van der Waals surface area contributed by atoms with Crippen molar-refractivity contribution in [3.63, 3.8) is 0 Å². The Kier molecular flexibility index (Phi) is 5.66. The van der Waals surface area contributed by atoms with Crippen molar-refractivity contribution in [3.05, 3.63) is 12.4 Å². The largest absolute Gasteiger partial charge is 0.383 e. The summed E-state index contributed by atoms with van der Waals surface area (Å²) >= 11 is 0. The summed E-state index contributed by atoms with van der Waals surface area (Å²) in [6.45, 7) is 7.58. The zero-order chi connectivity index (χ0) is 13.5. The van der Waals surface area contributed by atoms with Gasteiger partial charge in [-0.1, -0.05) is 0 Å². The van der Waals surface area contributed by atoms with Gasteiger partial charge in [-0.3, -0.25) is 0 Å². The van der Waals surface area contributed by atoms with Crippen LogP contribution < -0.4 is 5.32 Å². The number of imidazole rings is 1. The number of nitrogens with one attached hydrogen (secondary N) is 1. The Bertz CT molecular complexity index is 360. The van der Waals surface area contributed by atoms with E-state index >= 15 is 0 Å². The van der Waals surface area contributed by atoms with Crippen molar-refractivity contribution in [2.24, 2.45) is 0 Å². The van der Waals surface area contributed by atoms with E-state index in [4.69, 9.17) is 4.74 Å². The zero-order valence-electron chi connectivity index (χ0n) is 12.1. The molecule has 1 atom stereocenters. The summed E-state index contributed by atoms with van der Waals surface area (Å²) in [6, 6.07) is 0.314. The van der Waals surface area contributed by atoms with Crippen LogP contribution in [-0.4, -0.2) is 54.3 Å². The van der Waals surface area contributed by atoms with Gasteiger partial charge >= 0.3 is 0 Å². The molecule has 1 aliphatic heterocycles. The number of aromatic nitrogens is 2.